The standard InChI is InChI=1S/C24H21N5O/c1-28-16-26-22-5-3-4-20(23(22)28)18-8-6-17(7-9-18)15-30-24-21(14-29(2)27-24)19-10-12-25-13-11-19/h3-14,16H,15H2,1-2H3. The quantitative estimate of drug-likeness (QED) is 0.436. The van der Waals surface area contributed by atoms with Gasteiger partial charge in [0.05, 0.1) is 22.9 Å². The molecule has 0 saturated heterocycles. The highest BCUT2D eigenvalue weighted by molar-refractivity contribution is 5.92. The second-order valence-electron chi connectivity index (χ2n) is 7.27. The molecule has 2 aromatic carbocycles. The van der Waals surface area contributed by atoms with Gasteiger partial charge in [0.1, 0.15) is 6.61 Å². The topological polar surface area (TPSA) is 57.8 Å². The molecule has 0 aliphatic rings. The third-order valence-corrected chi connectivity index (χ3v) is 5.16. The third-order valence-electron chi connectivity index (χ3n) is 5.16. The average Bonchev–Trinajstić information content (AvgIpc) is 3.36. The number of para-hydroxylation sites is 1. The molecule has 6 nitrogen and oxygen atoms in total. The number of imidazole rings is 1. The molecule has 3 aromatic heterocycles. The van der Waals surface area contributed by atoms with E-state index in [0.29, 0.717) is 12.5 Å². The molecule has 0 saturated carbocycles. The SMILES string of the molecule is Cn1cc(-c2ccncc2)c(OCc2ccc(-c3cccc4ncn(C)c34)cc2)n1. The Balaban J connectivity index is 1.37. The molecule has 30 heavy (non-hydrogen) atoms. The van der Waals surface area contributed by atoms with E-state index in [4.69, 9.17) is 4.74 Å². The van der Waals surface area contributed by atoms with Crippen LogP contribution >= 0.6 is 0 Å². The maximum absolute atomic E-state index is 6.05. The van der Waals surface area contributed by atoms with E-state index in [-0.39, 0.29) is 0 Å². The minimum absolute atomic E-state index is 0.450. The molecule has 0 fully saturated rings. The van der Waals surface area contributed by atoms with E-state index in [0.717, 1.165) is 33.3 Å². The number of rotatable bonds is 5. The molecule has 148 valence electrons. The lowest BCUT2D eigenvalue weighted by Crippen LogP contribution is -1.98. The molecule has 3 heterocycles. The molecule has 6 heteroatoms. The largest absolute Gasteiger partial charge is 0.471 e. The van der Waals surface area contributed by atoms with Crippen LogP contribution in [0.3, 0.4) is 0 Å². The fourth-order valence-corrected chi connectivity index (χ4v) is 3.68. The zero-order valence-corrected chi connectivity index (χ0v) is 16.9. The summed E-state index contributed by atoms with van der Waals surface area (Å²) in [6, 6.07) is 18.6. The molecule has 5 aromatic rings. The zero-order chi connectivity index (χ0) is 20.5. The summed E-state index contributed by atoms with van der Waals surface area (Å²) >= 11 is 0. The predicted octanol–water partition coefficient (Wildman–Crippen LogP) is 4.61. The Bertz CT molecular complexity index is 1300. The van der Waals surface area contributed by atoms with Crippen LogP contribution in [-0.2, 0) is 20.7 Å². The molecule has 0 unspecified atom stereocenters. The lowest BCUT2D eigenvalue weighted by atomic mass is 10.0. The first-order valence-corrected chi connectivity index (χ1v) is 9.75. The Labute approximate surface area is 174 Å². The Morgan fingerprint density at radius 2 is 1.63 bits per heavy atom. The van der Waals surface area contributed by atoms with E-state index in [2.05, 4.69) is 50.0 Å². The van der Waals surface area contributed by atoms with Gasteiger partial charge < -0.3 is 9.30 Å². The van der Waals surface area contributed by atoms with E-state index in [9.17, 15) is 0 Å². The van der Waals surface area contributed by atoms with Gasteiger partial charge in [-0.2, -0.15) is 0 Å². The normalized spacial score (nSPS) is 11.1. The van der Waals surface area contributed by atoms with Crippen LogP contribution in [0.15, 0.2) is 79.5 Å². The van der Waals surface area contributed by atoms with Crippen molar-refractivity contribution in [1.29, 1.82) is 0 Å². The van der Waals surface area contributed by atoms with Crippen LogP contribution in [0.25, 0.3) is 33.3 Å². The number of nitrogens with zero attached hydrogens (tertiary/aromatic N) is 5. The van der Waals surface area contributed by atoms with Crippen LogP contribution < -0.4 is 4.74 Å². The first kappa shape index (κ1) is 18.1. The fourth-order valence-electron chi connectivity index (χ4n) is 3.68. The number of benzene rings is 2. The highest BCUT2D eigenvalue weighted by atomic mass is 16.5. The minimum atomic E-state index is 0.450. The summed E-state index contributed by atoms with van der Waals surface area (Å²) < 4.78 is 9.88. The number of ether oxygens (including phenoxy) is 1. The maximum Gasteiger partial charge on any atom is 0.241 e. The van der Waals surface area contributed by atoms with Gasteiger partial charge in [-0.25, -0.2) is 4.98 Å². The number of aryl methyl sites for hydroxylation is 2. The van der Waals surface area contributed by atoms with Gasteiger partial charge in [-0.15, -0.1) is 5.10 Å². The monoisotopic (exact) mass is 395 g/mol. The highest BCUT2D eigenvalue weighted by Crippen LogP contribution is 2.30. The van der Waals surface area contributed by atoms with Gasteiger partial charge in [0, 0.05) is 38.2 Å². The molecule has 0 atom stereocenters. The van der Waals surface area contributed by atoms with Crippen molar-refractivity contribution in [3.63, 3.8) is 0 Å². The summed E-state index contributed by atoms with van der Waals surface area (Å²) in [6.07, 6.45) is 7.35. The number of hydrogen-bond acceptors (Lipinski definition) is 4. The molecule has 5 rings (SSSR count). The van der Waals surface area contributed by atoms with Crippen molar-refractivity contribution < 1.29 is 4.74 Å². The Kier molecular flexibility index (Phi) is 4.52. The van der Waals surface area contributed by atoms with Gasteiger partial charge in [-0.1, -0.05) is 36.4 Å². The van der Waals surface area contributed by atoms with Gasteiger partial charge in [0.15, 0.2) is 0 Å². The van der Waals surface area contributed by atoms with Crippen molar-refractivity contribution in [2.24, 2.45) is 14.1 Å². The summed E-state index contributed by atoms with van der Waals surface area (Å²) in [5.74, 6) is 0.618. The second kappa shape index (κ2) is 7.48. The first-order valence-electron chi connectivity index (χ1n) is 9.75. The molecule has 0 aliphatic heterocycles. The van der Waals surface area contributed by atoms with Crippen molar-refractivity contribution in [3.05, 3.63) is 85.1 Å². The van der Waals surface area contributed by atoms with Crippen LogP contribution in [0.2, 0.25) is 0 Å². The molecular formula is C24H21N5O. The van der Waals surface area contributed by atoms with E-state index in [1.165, 1.54) is 5.56 Å². The summed E-state index contributed by atoms with van der Waals surface area (Å²) in [6.45, 7) is 0.450. The Morgan fingerprint density at radius 3 is 2.43 bits per heavy atom. The predicted molar refractivity (Wildman–Crippen MR) is 117 cm³/mol. The van der Waals surface area contributed by atoms with Crippen LogP contribution in [0.4, 0.5) is 0 Å². The van der Waals surface area contributed by atoms with Crippen LogP contribution in [0.1, 0.15) is 5.56 Å². The first-order chi connectivity index (χ1) is 14.7. The number of hydrogen-bond donors (Lipinski definition) is 0. The lowest BCUT2D eigenvalue weighted by molar-refractivity contribution is 0.292. The van der Waals surface area contributed by atoms with Gasteiger partial charge in [-0.3, -0.25) is 9.67 Å². The second-order valence-corrected chi connectivity index (χ2v) is 7.27. The fraction of sp³-hybridized carbons (Fsp3) is 0.125. The molecule has 0 radical (unpaired) electrons. The van der Waals surface area contributed by atoms with Crippen molar-refractivity contribution in [3.8, 4) is 28.1 Å². The zero-order valence-electron chi connectivity index (χ0n) is 16.9. The van der Waals surface area contributed by atoms with Crippen LogP contribution in [0.5, 0.6) is 5.88 Å². The maximum atomic E-state index is 6.05. The number of aromatic nitrogens is 5. The molecule has 0 aliphatic carbocycles. The van der Waals surface area contributed by atoms with Crippen molar-refractivity contribution in [2.45, 2.75) is 6.61 Å². The average molecular weight is 395 g/mol. The van der Waals surface area contributed by atoms with Crippen LogP contribution in [-0.4, -0.2) is 24.3 Å². The lowest BCUT2D eigenvalue weighted by Gasteiger charge is -2.09. The van der Waals surface area contributed by atoms with E-state index in [1.54, 1.807) is 17.1 Å². The Morgan fingerprint density at radius 1 is 0.867 bits per heavy atom. The van der Waals surface area contributed by atoms with Gasteiger partial charge in [-0.05, 0) is 34.9 Å². The Hall–Kier alpha value is -3.93. The molecular weight excluding hydrogens is 374 g/mol. The highest BCUT2D eigenvalue weighted by Gasteiger charge is 2.12. The molecule has 0 amide bonds. The molecule has 0 spiro atoms. The van der Waals surface area contributed by atoms with Crippen LogP contribution in [0, 0.1) is 0 Å². The third kappa shape index (κ3) is 3.33. The summed E-state index contributed by atoms with van der Waals surface area (Å²) in [4.78, 5) is 8.53. The molecule has 0 N–H and O–H groups in total. The van der Waals surface area contributed by atoms with Crippen molar-refractivity contribution in [2.75, 3.05) is 0 Å². The summed E-state index contributed by atoms with van der Waals surface area (Å²) in [5, 5.41) is 4.47. The van der Waals surface area contributed by atoms with Gasteiger partial charge in [0.25, 0.3) is 0 Å². The number of fused-ring (bicyclic) bond motifs is 1. The van der Waals surface area contributed by atoms with E-state index in [1.807, 2.05) is 50.9 Å². The van der Waals surface area contributed by atoms with Crippen molar-refractivity contribution in [1.82, 2.24) is 24.3 Å². The summed E-state index contributed by atoms with van der Waals surface area (Å²) in [5.41, 5.74) is 7.54. The van der Waals surface area contributed by atoms with Gasteiger partial charge in [0.2, 0.25) is 5.88 Å². The smallest absolute Gasteiger partial charge is 0.241 e. The minimum Gasteiger partial charge on any atom is -0.471 e. The molecule has 0 bridgehead atoms. The summed E-state index contributed by atoms with van der Waals surface area (Å²) in [7, 11) is 3.92. The van der Waals surface area contributed by atoms with E-state index < -0.39 is 0 Å². The number of pyridine rings is 1. The van der Waals surface area contributed by atoms with Crippen molar-refractivity contribution >= 4 is 11.0 Å². The van der Waals surface area contributed by atoms with Gasteiger partial charge >= 0.3 is 0 Å². The van der Waals surface area contributed by atoms with E-state index >= 15 is 0 Å².